The Balaban J connectivity index is 2.43. The van der Waals surface area contributed by atoms with Crippen LogP contribution < -0.4 is 5.32 Å². The third-order valence-electron chi connectivity index (χ3n) is 4.02. The molecule has 0 spiro atoms. The van der Waals surface area contributed by atoms with Gasteiger partial charge in [-0.1, -0.05) is 20.3 Å². The van der Waals surface area contributed by atoms with Gasteiger partial charge in [0, 0.05) is 6.54 Å². The monoisotopic (exact) mass is 256 g/mol. The third-order valence-corrected chi connectivity index (χ3v) is 4.02. The number of likely N-dealkylation sites (tertiary alicyclic amines) is 1. The van der Waals surface area contributed by atoms with Crippen molar-refractivity contribution in [3.05, 3.63) is 0 Å². The van der Waals surface area contributed by atoms with Crippen LogP contribution in [-0.4, -0.2) is 50.7 Å². The first-order chi connectivity index (χ1) is 8.58. The van der Waals surface area contributed by atoms with Gasteiger partial charge in [0.2, 0.25) is 0 Å². The summed E-state index contributed by atoms with van der Waals surface area (Å²) in [6, 6.07) is -0.160. The van der Waals surface area contributed by atoms with Crippen molar-refractivity contribution >= 4 is 5.97 Å². The smallest absolute Gasteiger partial charge is 0.323 e. The van der Waals surface area contributed by atoms with E-state index in [1.165, 1.54) is 26.5 Å². The van der Waals surface area contributed by atoms with Crippen LogP contribution in [0.25, 0.3) is 0 Å². The molecule has 0 amide bonds. The van der Waals surface area contributed by atoms with Crippen molar-refractivity contribution < 1.29 is 9.53 Å². The molecule has 3 atom stereocenters. The minimum atomic E-state index is -0.160. The van der Waals surface area contributed by atoms with Crippen LogP contribution in [0.2, 0.25) is 0 Å². The number of rotatable bonds is 6. The molecule has 0 aromatic heterocycles. The van der Waals surface area contributed by atoms with Crippen molar-refractivity contribution in [1.29, 1.82) is 0 Å². The first kappa shape index (κ1) is 15.4. The molecule has 0 bridgehead atoms. The van der Waals surface area contributed by atoms with Crippen LogP contribution >= 0.6 is 0 Å². The second-order valence-corrected chi connectivity index (χ2v) is 5.57. The molecule has 1 fully saturated rings. The number of carbonyl (C=O) groups is 1. The lowest BCUT2D eigenvalue weighted by molar-refractivity contribution is -0.144. The number of hydrogen-bond donors (Lipinski definition) is 1. The maximum absolute atomic E-state index is 11.8. The molecule has 18 heavy (non-hydrogen) atoms. The van der Waals surface area contributed by atoms with E-state index in [1.54, 1.807) is 0 Å². The zero-order valence-corrected chi connectivity index (χ0v) is 12.2. The first-order valence-corrected chi connectivity index (χ1v) is 7.08. The fourth-order valence-corrected chi connectivity index (χ4v) is 2.61. The Morgan fingerprint density at radius 2 is 2.28 bits per heavy atom. The van der Waals surface area contributed by atoms with E-state index in [0.717, 1.165) is 19.5 Å². The summed E-state index contributed by atoms with van der Waals surface area (Å²) in [4.78, 5) is 14.1. The van der Waals surface area contributed by atoms with Crippen molar-refractivity contribution in [2.45, 2.75) is 39.2 Å². The lowest BCUT2D eigenvalue weighted by Gasteiger charge is -2.31. The minimum Gasteiger partial charge on any atom is -0.468 e. The van der Waals surface area contributed by atoms with Crippen molar-refractivity contribution in [3.63, 3.8) is 0 Å². The molecule has 0 aromatic rings. The predicted octanol–water partition coefficient (Wildman–Crippen LogP) is 1.51. The quantitative estimate of drug-likeness (QED) is 0.731. The van der Waals surface area contributed by atoms with Crippen LogP contribution in [0, 0.1) is 11.8 Å². The van der Waals surface area contributed by atoms with Crippen molar-refractivity contribution in [2.24, 2.45) is 11.8 Å². The van der Waals surface area contributed by atoms with E-state index in [9.17, 15) is 4.79 Å². The number of methoxy groups -OCH3 is 1. The molecule has 3 unspecified atom stereocenters. The summed E-state index contributed by atoms with van der Waals surface area (Å²) in [6.07, 6.45) is 3.50. The molecule has 1 rings (SSSR count). The standard InChI is InChI=1S/C14H28N2O2/c1-5-11(2)13(14(17)18-4)15-9-12-7-6-8-16(3)10-12/h11-13,15H,5-10H2,1-4H3. The van der Waals surface area contributed by atoms with Crippen LogP contribution in [0.4, 0.5) is 0 Å². The molecule has 1 heterocycles. The molecule has 1 N–H and O–H groups in total. The molecule has 0 aromatic carbocycles. The summed E-state index contributed by atoms with van der Waals surface area (Å²) in [5.41, 5.74) is 0. The van der Waals surface area contributed by atoms with Crippen LogP contribution in [0.1, 0.15) is 33.1 Å². The highest BCUT2D eigenvalue weighted by molar-refractivity contribution is 5.75. The summed E-state index contributed by atoms with van der Waals surface area (Å²) >= 11 is 0. The summed E-state index contributed by atoms with van der Waals surface area (Å²) in [5, 5.41) is 3.41. The Labute approximate surface area is 111 Å². The molecule has 1 aliphatic heterocycles. The van der Waals surface area contributed by atoms with E-state index in [4.69, 9.17) is 4.74 Å². The van der Waals surface area contributed by atoms with Gasteiger partial charge in [0.25, 0.3) is 0 Å². The number of ether oxygens (including phenoxy) is 1. The molecular weight excluding hydrogens is 228 g/mol. The molecule has 0 aliphatic carbocycles. The van der Waals surface area contributed by atoms with Crippen molar-refractivity contribution in [2.75, 3.05) is 33.8 Å². The van der Waals surface area contributed by atoms with E-state index in [0.29, 0.717) is 11.8 Å². The van der Waals surface area contributed by atoms with Crippen LogP contribution in [-0.2, 0) is 9.53 Å². The second kappa shape index (κ2) is 7.74. The lowest BCUT2D eigenvalue weighted by atomic mass is 9.95. The Morgan fingerprint density at radius 1 is 1.56 bits per heavy atom. The highest BCUT2D eigenvalue weighted by Gasteiger charge is 2.26. The Bertz CT molecular complexity index is 258. The Morgan fingerprint density at radius 3 is 2.83 bits per heavy atom. The van der Waals surface area contributed by atoms with Gasteiger partial charge in [-0.05, 0) is 44.8 Å². The maximum atomic E-state index is 11.8. The molecular formula is C14H28N2O2. The average Bonchev–Trinajstić information content (AvgIpc) is 2.38. The van der Waals surface area contributed by atoms with Gasteiger partial charge in [-0.2, -0.15) is 0 Å². The Hall–Kier alpha value is -0.610. The maximum Gasteiger partial charge on any atom is 0.323 e. The van der Waals surface area contributed by atoms with Crippen LogP contribution in [0.3, 0.4) is 0 Å². The van der Waals surface area contributed by atoms with E-state index < -0.39 is 0 Å². The highest BCUT2D eigenvalue weighted by Crippen LogP contribution is 2.15. The van der Waals surface area contributed by atoms with Crippen molar-refractivity contribution in [1.82, 2.24) is 10.2 Å². The lowest BCUT2D eigenvalue weighted by Crippen LogP contribution is -2.46. The van der Waals surface area contributed by atoms with Gasteiger partial charge >= 0.3 is 5.97 Å². The molecule has 1 saturated heterocycles. The molecule has 4 nitrogen and oxygen atoms in total. The van der Waals surface area contributed by atoms with Gasteiger partial charge in [0.1, 0.15) is 6.04 Å². The predicted molar refractivity (Wildman–Crippen MR) is 73.5 cm³/mol. The SMILES string of the molecule is CCC(C)C(NCC1CCCN(C)C1)C(=O)OC. The van der Waals surface area contributed by atoms with Gasteiger partial charge < -0.3 is 15.0 Å². The second-order valence-electron chi connectivity index (χ2n) is 5.57. The average molecular weight is 256 g/mol. The molecule has 106 valence electrons. The van der Waals surface area contributed by atoms with Crippen LogP contribution in [0.5, 0.6) is 0 Å². The number of carbonyl (C=O) groups excluding carboxylic acids is 1. The molecule has 1 aliphatic rings. The van der Waals surface area contributed by atoms with E-state index >= 15 is 0 Å². The van der Waals surface area contributed by atoms with Gasteiger partial charge in [0.05, 0.1) is 7.11 Å². The Kier molecular flexibility index (Phi) is 6.65. The van der Waals surface area contributed by atoms with Gasteiger partial charge in [0.15, 0.2) is 0 Å². The highest BCUT2D eigenvalue weighted by atomic mass is 16.5. The van der Waals surface area contributed by atoms with E-state index in [-0.39, 0.29) is 12.0 Å². The number of piperidine rings is 1. The third kappa shape index (κ3) is 4.58. The fraction of sp³-hybridized carbons (Fsp3) is 0.929. The van der Waals surface area contributed by atoms with Gasteiger partial charge in [-0.3, -0.25) is 4.79 Å². The number of esters is 1. The number of hydrogen-bond acceptors (Lipinski definition) is 4. The van der Waals surface area contributed by atoms with Crippen molar-refractivity contribution in [3.8, 4) is 0 Å². The van der Waals surface area contributed by atoms with Gasteiger partial charge in [-0.25, -0.2) is 0 Å². The topological polar surface area (TPSA) is 41.6 Å². The normalized spacial score (nSPS) is 24.6. The van der Waals surface area contributed by atoms with Gasteiger partial charge in [-0.15, -0.1) is 0 Å². The first-order valence-electron chi connectivity index (χ1n) is 7.08. The van der Waals surface area contributed by atoms with E-state index in [1.807, 2.05) is 0 Å². The molecule has 4 heteroatoms. The van der Waals surface area contributed by atoms with E-state index in [2.05, 4.69) is 31.1 Å². The zero-order valence-electron chi connectivity index (χ0n) is 12.2. The summed E-state index contributed by atoms with van der Waals surface area (Å²) in [7, 11) is 3.63. The molecule has 0 saturated carbocycles. The number of nitrogens with one attached hydrogen (secondary N) is 1. The fourth-order valence-electron chi connectivity index (χ4n) is 2.61. The summed E-state index contributed by atoms with van der Waals surface area (Å²) < 4.78 is 4.88. The minimum absolute atomic E-state index is 0.131. The molecule has 0 radical (unpaired) electrons. The summed E-state index contributed by atoms with van der Waals surface area (Å²) in [6.45, 7) is 7.44. The number of nitrogens with zero attached hydrogens (tertiary/aromatic N) is 1. The zero-order chi connectivity index (χ0) is 13.5. The van der Waals surface area contributed by atoms with Crippen LogP contribution in [0.15, 0.2) is 0 Å². The largest absolute Gasteiger partial charge is 0.468 e. The summed E-state index contributed by atoms with van der Waals surface area (Å²) in [5.74, 6) is 0.840.